The predicted molar refractivity (Wildman–Crippen MR) is 89.4 cm³/mol. The maximum atomic E-state index is 4.50. The first-order chi connectivity index (χ1) is 10.1. The van der Waals surface area contributed by atoms with Crippen LogP contribution < -0.4 is 0 Å². The van der Waals surface area contributed by atoms with Gasteiger partial charge in [-0.3, -0.25) is 4.57 Å². The lowest BCUT2D eigenvalue weighted by molar-refractivity contribution is 0.883. The second-order valence-electron chi connectivity index (χ2n) is 5.06. The smallest absolute Gasteiger partial charge is 0.173 e. The van der Waals surface area contributed by atoms with Crippen molar-refractivity contribution in [3.8, 4) is 5.69 Å². The summed E-state index contributed by atoms with van der Waals surface area (Å²) in [7, 11) is 0. The summed E-state index contributed by atoms with van der Waals surface area (Å²) in [5.74, 6) is 0. The summed E-state index contributed by atoms with van der Waals surface area (Å²) >= 11 is 3.43. The quantitative estimate of drug-likeness (QED) is 0.648. The zero-order valence-electron chi connectivity index (χ0n) is 12.3. The summed E-state index contributed by atoms with van der Waals surface area (Å²) in [6, 6.07) is 6.56. The van der Waals surface area contributed by atoms with E-state index in [0.29, 0.717) is 5.25 Å². The van der Waals surface area contributed by atoms with Crippen molar-refractivity contribution >= 4 is 23.1 Å². The van der Waals surface area contributed by atoms with Crippen LogP contribution in [-0.2, 0) is 0 Å². The minimum atomic E-state index is 0.303. The third kappa shape index (κ3) is 3.19. The molecule has 0 fully saturated rings. The number of aromatic nitrogens is 3. The van der Waals surface area contributed by atoms with Crippen LogP contribution in [-0.4, -0.2) is 14.5 Å². The minimum Gasteiger partial charge on any atom is -0.295 e. The van der Waals surface area contributed by atoms with Crippen molar-refractivity contribution in [1.29, 1.82) is 0 Å². The summed E-state index contributed by atoms with van der Waals surface area (Å²) in [6.07, 6.45) is 5.73. The maximum absolute atomic E-state index is 4.50. The minimum absolute atomic E-state index is 0.303. The van der Waals surface area contributed by atoms with E-state index in [1.165, 1.54) is 16.8 Å². The van der Waals surface area contributed by atoms with Crippen LogP contribution in [0.4, 0.5) is 0 Å². The molecule has 0 aliphatic carbocycles. The molecule has 0 spiro atoms. The van der Waals surface area contributed by atoms with Crippen molar-refractivity contribution in [2.45, 2.75) is 31.2 Å². The number of rotatable bonds is 4. The number of hydrogen-bond donors (Lipinski definition) is 0. The van der Waals surface area contributed by atoms with Gasteiger partial charge in [0.2, 0.25) is 0 Å². The molecule has 2 aromatic heterocycles. The Morgan fingerprint density at radius 1 is 1.10 bits per heavy atom. The van der Waals surface area contributed by atoms with Gasteiger partial charge < -0.3 is 0 Å². The maximum Gasteiger partial charge on any atom is 0.173 e. The molecular formula is C16H17N3S2. The average Bonchev–Trinajstić information content (AvgIpc) is 3.08. The molecule has 5 heteroatoms. The number of aryl methyl sites for hydroxylation is 2. The Morgan fingerprint density at radius 3 is 2.52 bits per heavy atom. The van der Waals surface area contributed by atoms with Crippen molar-refractivity contribution in [1.82, 2.24) is 14.5 Å². The van der Waals surface area contributed by atoms with E-state index in [1.54, 1.807) is 23.1 Å². The highest BCUT2D eigenvalue weighted by Crippen LogP contribution is 2.35. The molecule has 0 aliphatic rings. The zero-order valence-corrected chi connectivity index (χ0v) is 13.9. The summed E-state index contributed by atoms with van der Waals surface area (Å²) < 4.78 is 2.15. The van der Waals surface area contributed by atoms with Crippen molar-refractivity contribution in [2.24, 2.45) is 0 Å². The molecule has 0 bridgehead atoms. The SMILES string of the molecule is Cc1cc(C)cc(-n2ccnc2S[C@@H](C)c2nccs2)c1. The summed E-state index contributed by atoms with van der Waals surface area (Å²) in [5, 5.41) is 4.46. The Labute approximate surface area is 133 Å². The van der Waals surface area contributed by atoms with E-state index < -0.39 is 0 Å². The largest absolute Gasteiger partial charge is 0.295 e. The molecule has 3 aromatic rings. The predicted octanol–water partition coefficient (Wildman–Crippen LogP) is 4.80. The lowest BCUT2D eigenvalue weighted by atomic mass is 10.1. The average molecular weight is 315 g/mol. The third-order valence-corrected chi connectivity index (χ3v) is 5.37. The molecule has 0 N–H and O–H groups in total. The van der Waals surface area contributed by atoms with Gasteiger partial charge in [0, 0.05) is 29.7 Å². The van der Waals surface area contributed by atoms with E-state index in [4.69, 9.17) is 0 Å². The van der Waals surface area contributed by atoms with Crippen LogP contribution >= 0.6 is 23.1 Å². The topological polar surface area (TPSA) is 30.7 Å². The van der Waals surface area contributed by atoms with Crippen LogP contribution in [0.3, 0.4) is 0 Å². The van der Waals surface area contributed by atoms with Gasteiger partial charge in [-0.25, -0.2) is 9.97 Å². The van der Waals surface area contributed by atoms with Gasteiger partial charge >= 0.3 is 0 Å². The molecule has 0 aliphatic heterocycles. The molecule has 0 saturated heterocycles. The van der Waals surface area contributed by atoms with Gasteiger partial charge in [-0.1, -0.05) is 17.8 Å². The van der Waals surface area contributed by atoms with Gasteiger partial charge in [0.25, 0.3) is 0 Å². The van der Waals surface area contributed by atoms with Crippen molar-refractivity contribution in [2.75, 3.05) is 0 Å². The van der Waals surface area contributed by atoms with Crippen LogP contribution in [0.1, 0.15) is 28.3 Å². The molecule has 0 saturated carbocycles. The summed E-state index contributed by atoms with van der Waals surface area (Å²) in [6.45, 7) is 6.42. The molecule has 1 aromatic carbocycles. The first-order valence-corrected chi connectivity index (χ1v) is 8.57. The van der Waals surface area contributed by atoms with Gasteiger partial charge in [-0.15, -0.1) is 11.3 Å². The molecule has 0 unspecified atom stereocenters. The van der Waals surface area contributed by atoms with Crippen LogP contribution in [0.5, 0.6) is 0 Å². The van der Waals surface area contributed by atoms with E-state index in [1.807, 2.05) is 24.0 Å². The lowest BCUT2D eigenvalue weighted by Gasteiger charge is -2.12. The fraction of sp³-hybridized carbons (Fsp3) is 0.250. The van der Waals surface area contributed by atoms with Gasteiger partial charge in [-0.2, -0.15) is 0 Å². The highest BCUT2D eigenvalue weighted by atomic mass is 32.2. The monoisotopic (exact) mass is 315 g/mol. The molecule has 3 rings (SSSR count). The van der Waals surface area contributed by atoms with Gasteiger partial charge in [0.15, 0.2) is 5.16 Å². The fourth-order valence-electron chi connectivity index (χ4n) is 2.31. The van der Waals surface area contributed by atoms with Gasteiger partial charge in [0.1, 0.15) is 5.01 Å². The third-order valence-electron chi connectivity index (χ3n) is 3.17. The molecule has 21 heavy (non-hydrogen) atoms. The Hall–Kier alpha value is -1.59. The number of benzene rings is 1. The molecule has 1 atom stereocenters. The van der Waals surface area contributed by atoms with Crippen molar-refractivity contribution in [3.05, 3.63) is 58.3 Å². The van der Waals surface area contributed by atoms with Crippen molar-refractivity contribution < 1.29 is 0 Å². The molecule has 0 radical (unpaired) electrons. The van der Waals surface area contributed by atoms with Crippen LogP contribution in [0, 0.1) is 13.8 Å². The highest BCUT2D eigenvalue weighted by molar-refractivity contribution is 7.99. The molecular weight excluding hydrogens is 298 g/mol. The number of nitrogens with zero attached hydrogens (tertiary/aromatic N) is 3. The number of imidazole rings is 1. The van der Waals surface area contributed by atoms with E-state index in [2.05, 4.69) is 53.5 Å². The van der Waals surface area contributed by atoms with Crippen molar-refractivity contribution in [3.63, 3.8) is 0 Å². The zero-order chi connectivity index (χ0) is 14.8. The van der Waals surface area contributed by atoms with Crippen LogP contribution in [0.25, 0.3) is 5.69 Å². The van der Waals surface area contributed by atoms with E-state index >= 15 is 0 Å². The van der Waals surface area contributed by atoms with E-state index in [9.17, 15) is 0 Å². The second-order valence-corrected chi connectivity index (χ2v) is 7.29. The highest BCUT2D eigenvalue weighted by Gasteiger charge is 2.14. The normalized spacial score (nSPS) is 12.5. The fourth-order valence-corrected chi connectivity index (χ4v) is 4.07. The Balaban J connectivity index is 1.90. The van der Waals surface area contributed by atoms with Gasteiger partial charge in [-0.05, 0) is 44.0 Å². The Bertz CT molecular complexity index is 712. The first-order valence-electron chi connectivity index (χ1n) is 6.81. The first kappa shape index (κ1) is 14.4. The van der Waals surface area contributed by atoms with E-state index in [-0.39, 0.29) is 0 Å². The summed E-state index contributed by atoms with van der Waals surface area (Å²) in [5.41, 5.74) is 3.70. The number of hydrogen-bond acceptors (Lipinski definition) is 4. The molecule has 2 heterocycles. The Morgan fingerprint density at radius 2 is 1.86 bits per heavy atom. The number of thiazole rings is 1. The Kier molecular flexibility index (Phi) is 4.12. The standard InChI is InChI=1S/C16H17N3S2/c1-11-8-12(2)10-14(9-11)19-6-4-18-16(19)21-13(3)15-17-5-7-20-15/h4-10,13H,1-3H3/t13-/m0/s1. The second kappa shape index (κ2) is 6.03. The van der Waals surface area contributed by atoms with Crippen LogP contribution in [0.15, 0.2) is 47.3 Å². The van der Waals surface area contributed by atoms with Gasteiger partial charge in [0.05, 0.1) is 5.25 Å². The summed E-state index contributed by atoms with van der Waals surface area (Å²) in [4.78, 5) is 8.89. The molecule has 3 nitrogen and oxygen atoms in total. The van der Waals surface area contributed by atoms with E-state index in [0.717, 1.165) is 10.2 Å². The molecule has 108 valence electrons. The molecule has 0 amide bonds. The number of thioether (sulfide) groups is 1. The lowest BCUT2D eigenvalue weighted by Crippen LogP contribution is -1.98. The van der Waals surface area contributed by atoms with Crippen LogP contribution in [0.2, 0.25) is 0 Å².